The molecule has 1 aromatic heterocycles. The van der Waals surface area contributed by atoms with Gasteiger partial charge in [-0.3, -0.25) is 14.4 Å². The third-order valence-corrected chi connectivity index (χ3v) is 4.36. The van der Waals surface area contributed by atoms with Crippen LogP contribution in [-0.2, 0) is 9.59 Å². The molecule has 0 aliphatic carbocycles. The summed E-state index contributed by atoms with van der Waals surface area (Å²) in [5.74, 6) is -0.609. The van der Waals surface area contributed by atoms with E-state index in [1.165, 1.54) is 17.3 Å². The van der Waals surface area contributed by atoms with Gasteiger partial charge in [-0.1, -0.05) is 30.3 Å². The number of rotatable bonds is 5. The molecule has 0 saturated carbocycles. The number of carbonyl (C=O) groups is 2. The van der Waals surface area contributed by atoms with Crippen LogP contribution >= 0.6 is 15.9 Å². The molecule has 0 bridgehead atoms. The van der Waals surface area contributed by atoms with Gasteiger partial charge in [0.25, 0.3) is 5.56 Å². The zero-order valence-electron chi connectivity index (χ0n) is 13.9. The predicted molar refractivity (Wildman–Crippen MR) is 102 cm³/mol. The maximum Gasteiger partial charge on any atom is 0.271 e. The highest BCUT2D eigenvalue weighted by Gasteiger charge is 2.22. The Hall–Kier alpha value is -2.74. The Bertz CT molecular complexity index is 908. The summed E-state index contributed by atoms with van der Waals surface area (Å²) in [6.07, 6.45) is 2.19. The van der Waals surface area contributed by atoms with Crippen LogP contribution in [0.15, 0.2) is 57.0 Å². The third kappa shape index (κ3) is 4.45. The van der Waals surface area contributed by atoms with Crippen LogP contribution in [0.5, 0.6) is 0 Å². The number of aromatic nitrogens is 1. The number of hydrazone groups is 1. The molecule has 3 rings (SSSR count). The van der Waals surface area contributed by atoms with Crippen molar-refractivity contribution < 1.29 is 9.59 Å². The number of aromatic amines is 1. The molecule has 1 aliphatic rings. The second kappa shape index (κ2) is 8.09. The Morgan fingerprint density at radius 3 is 2.77 bits per heavy atom. The standard InChI is InChI=1S/C18H17BrN4O3/c19-13-10-15(18(26)20-11-13)21-16(24)6-7-17(25)23-9-8-14(22-23)12-4-2-1-3-5-12/h1-5,10-11H,6-9H2,(H,20,26)(H,21,24). The van der Waals surface area contributed by atoms with Crippen molar-refractivity contribution in [2.24, 2.45) is 5.10 Å². The molecule has 134 valence electrons. The minimum absolute atomic E-state index is 0.0164. The summed E-state index contributed by atoms with van der Waals surface area (Å²) in [6, 6.07) is 11.2. The van der Waals surface area contributed by atoms with E-state index in [0.717, 1.165) is 11.3 Å². The van der Waals surface area contributed by atoms with Crippen LogP contribution in [-0.4, -0.2) is 34.1 Å². The number of benzene rings is 1. The number of hydrogen-bond donors (Lipinski definition) is 2. The lowest BCUT2D eigenvalue weighted by Gasteiger charge is -2.11. The fourth-order valence-corrected chi connectivity index (χ4v) is 2.93. The summed E-state index contributed by atoms with van der Waals surface area (Å²) >= 11 is 3.22. The van der Waals surface area contributed by atoms with Crippen LogP contribution < -0.4 is 10.9 Å². The zero-order chi connectivity index (χ0) is 18.5. The third-order valence-electron chi connectivity index (χ3n) is 3.90. The molecule has 26 heavy (non-hydrogen) atoms. The Labute approximate surface area is 158 Å². The molecule has 1 aliphatic heterocycles. The number of amides is 2. The van der Waals surface area contributed by atoms with Crippen molar-refractivity contribution in [3.05, 3.63) is 63.0 Å². The van der Waals surface area contributed by atoms with Gasteiger partial charge in [-0.15, -0.1) is 0 Å². The Morgan fingerprint density at radius 2 is 2.00 bits per heavy atom. The van der Waals surface area contributed by atoms with Crippen molar-refractivity contribution in [2.45, 2.75) is 19.3 Å². The Kier molecular flexibility index (Phi) is 5.62. The van der Waals surface area contributed by atoms with Crippen LogP contribution in [0.1, 0.15) is 24.8 Å². The number of carbonyl (C=O) groups excluding carboxylic acids is 2. The van der Waals surface area contributed by atoms with E-state index < -0.39 is 11.5 Å². The molecule has 8 heteroatoms. The first kappa shape index (κ1) is 18.1. The number of nitrogens with zero attached hydrogens (tertiary/aromatic N) is 2. The number of nitrogens with one attached hydrogen (secondary N) is 2. The van der Waals surface area contributed by atoms with Crippen molar-refractivity contribution in [1.29, 1.82) is 0 Å². The first-order valence-corrected chi connectivity index (χ1v) is 8.93. The van der Waals surface area contributed by atoms with E-state index in [4.69, 9.17) is 0 Å². The highest BCUT2D eigenvalue weighted by atomic mass is 79.9. The smallest absolute Gasteiger partial charge is 0.271 e. The van der Waals surface area contributed by atoms with E-state index in [9.17, 15) is 14.4 Å². The normalized spacial score (nSPS) is 13.4. The molecule has 7 nitrogen and oxygen atoms in total. The molecule has 0 unspecified atom stereocenters. The van der Waals surface area contributed by atoms with Gasteiger partial charge >= 0.3 is 0 Å². The average molecular weight is 417 g/mol. The van der Waals surface area contributed by atoms with Gasteiger partial charge in [0.05, 0.1) is 12.3 Å². The molecule has 2 N–H and O–H groups in total. The summed E-state index contributed by atoms with van der Waals surface area (Å²) in [7, 11) is 0. The van der Waals surface area contributed by atoms with Gasteiger partial charge in [-0.05, 0) is 27.6 Å². The molecule has 0 saturated heterocycles. The molecule has 2 aromatic rings. The summed E-state index contributed by atoms with van der Waals surface area (Å²) in [5, 5.41) is 8.27. The largest absolute Gasteiger partial charge is 0.326 e. The fourth-order valence-electron chi connectivity index (χ4n) is 2.58. The molecule has 0 atom stereocenters. The topological polar surface area (TPSA) is 94.6 Å². The number of hydrogen-bond acceptors (Lipinski definition) is 4. The van der Waals surface area contributed by atoms with E-state index in [1.54, 1.807) is 0 Å². The van der Waals surface area contributed by atoms with Gasteiger partial charge in [0.15, 0.2) is 0 Å². The molecule has 2 amide bonds. The van der Waals surface area contributed by atoms with Crippen LogP contribution in [0.2, 0.25) is 0 Å². The summed E-state index contributed by atoms with van der Waals surface area (Å²) in [4.78, 5) is 38.4. The van der Waals surface area contributed by atoms with Crippen LogP contribution in [0, 0.1) is 0 Å². The monoisotopic (exact) mass is 416 g/mol. The maximum atomic E-state index is 12.3. The second-order valence-electron chi connectivity index (χ2n) is 5.79. The van der Waals surface area contributed by atoms with Crippen LogP contribution in [0.3, 0.4) is 0 Å². The molecule has 1 aromatic carbocycles. The molecular formula is C18H17BrN4O3. The first-order chi connectivity index (χ1) is 12.5. The summed E-state index contributed by atoms with van der Waals surface area (Å²) in [5.41, 5.74) is 1.60. The van der Waals surface area contributed by atoms with E-state index in [1.807, 2.05) is 30.3 Å². The van der Waals surface area contributed by atoms with Gasteiger partial charge in [-0.25, -0.2) is 5.01 Å². The lowest BCUT2D eigenvalue weighted by atomic mass is 10.1. The van der Waals surface area contributed by atoms with Crippen molar-refractivity contribution in [3.63, 3.8) is 0 Å². The van der Waals surface area contributed by atoms with Crippen molar-refractivity contribution in [2.75, 3.05) is 11.9 Å². The molecule has 0 spiro atoms. The average Bonchev–Trinajstić information content (AvgIpc) is 3.14. The molecule has 0 radical (unpaired) electrons. The van der Waals surface area contributed by atoms with Gasteiger partial charge in [-0.2, -0.15) is 5.10 Å². The number of pyridine rings is 1. The van der Waals surface area contributed by atoms with Crippen molar-refractivity contribution >= 4 is 39.1 Å². The SMILES string of the molecule is O=C(CCC(=O)N1CCC(c2ccccc2)=N1)Nc1cc(Br)c[nH]c1=O. The lowest BCUT2D eigenvalue weighted by Crippen LogP contribution is -2.25. The van der Waals surface area contributed by atoms with Crippen molar-refractivity contribution in [1.82, 2.24) is 9.99 Å². The van der Waals surface area contributed by atoms with Crippen molar-refractivity contribution in [3.8, 4) is 0 Å². The number of halogens is 1. The number of anilines is 1. The summed E-state index contributed by atoms with van der Waals surface area (Å²) in [6.45, 7) is 0.510. The van der Waals surface area contributed by atoms with Gasteiger partial charge < -0.3 is 10.3 Å². The van der Waals surface area contributed by atoms with E-state index in [-0.39, 0.29) is 24.4 Å². The Balaban J connectivity index is 1.54. The quantitative estimate of drug-likeness (QED) is 0.783. The van der Waals surface area contributed by atoms with Gasteiger partial charge in [0.2, 0.25) is 11.8 Å². The minimum Gasteiger partial charge on any atom is -0.326 e. The van der Waals surface area contributed by atoms with E-state index in [0.29, 0.717) is 17.4 Å². The summed E-state index contributed by atoms with van der Waals surface area (Å²) < 4.78 is 0.642. The first-order valence-electron chi connectivity index (χ1n) is 8.14. The minimum atomic E-state index is -0.399. The van der Waals surface area contributed by atoms with Crippen LogP contribution in [0.25, 0.3) is 0 Å². The van der Waals surface area contributed by atoms with Crippen LogP contribution in [0.4, 0.5) is 5.69 Å². The second-order valence-corrected chi connectivity index (χ2v) is 6.70. The zero-order valence-corrected chi connectivity index (χ0v) is 15.5. The Morgan fingerprint density at radius 1 is 1.23 bits per heavy atom. The molecule has 0 fully saturated rings. The van der Waals surface area contributed by atoms with Gasteiger partial charge in [0.1, 0.15) is 5.69 Å². The molecule has 2 heterocycles. The maximum absolute atomic E-state index is 12.3. The highest BCUT2D eigenvalue weighted by molar-refractivity contribution is 9.10. The lowest BCUT2D eigenvalue weighted by molar-refractivity contribution is -0.132. The van der Waals surface area contributed by atoms with E-state index >= 15 is 0 Å². The van der Waals surface area contributed by atoms with E-state index in [2.05, 4.69) is 31.3 Å². The van der Waals surface area contributed by atoms with Gasteiger partial charge in [0, 0.05) is 29.9 Å². The fraction of sp³-hybridized carbons (Fsp3) is 0.222. The molecular weight excluding hydrogens is 400 g/mol. The number of H-pyrrole nitrogens is 1. The highest BCUT2D eigenvalue weighted by Crippen LogP contribution is 2.15. The predicted octanol–water partition coefficient (Wildman–Crippen LogP) is 2.49.